The first-order valence-corrected chi connectivity index (χ1v) is 5.19. The first-order valence-electron chi connectivity index (χ1n) is 5.19. The van der Waals surface area contributed by atoms with E-state index in [9.17, 15) is 4.79 Å². The van der Waals surface area contributed by atoms with Crippen LogP contribution in [0.5, 0.6) is 0 Å². The van der Waals surface area contributed by atoms with Crippen LogP contribution < -0.4 is 16.0 Å². The van der Waals surface area contributed by atoms with Gasteiger partial charge in [0.2, 0.25) is 0 Å². The van der Waals surface area contributed by atoms with E-state index < -0.39 is 6.03 Å². The van der Waals surface area contributed by atoms with Crippen LogP contribution >= 0.6 is 0 Å². The van der Waals surface area contributed by atoms with E-state index in [2.05, 4.69) is 43.7 Å². The molecular formula is C12H18N3O+. The average molecular weight is 220 g/mol. The Labute approximate surface area is 95.8 Å². The normalized spacial score (nSPS) is 19.4. The van der Waals surface area contributed by atoms with Gasteiger partial charge in [-0.25, -0.2) is 4.79 Å². The Morgan fingerprint density at radius 3 is 2.56 bits per heavy atom. The summed E-state index contributed by atoms with van der Waals surface area (Å²) in [7, 11) is 4.23. The van der Waals surface area contributed by atoms with Crippen molar-refractivity contribution < 1.29 is 9.69 Å². The number of nitrogens with one attached hydrogen (secondary N) is 2. The number of carbonyl (C=O) groups is 1. The topological polar surface area (TPSA) is 59.6 Å². The summed E-state index contributed by atoms with van der Waals surface area (Å²) in [5, 5.41) is 2.37. The van der Waals surface area contributed by atoms with E-state index in [1.807, 2.05) is 6.08 Å². The number of hydrogen-bond acceptors (Lipinski definition) is 1. The molecule has 0 heterocycles. The summed E-state index contributed by atoms with van der Waals surface area (Å²) >= 11 is 0. The molecular weight excluding hydrogens is 202 g/mol. The first kappa shape index (κ1) is 12.3. The molecule has 0 aromatic carbocycles. The van der Waals surface area contributed by atoms with Crippen LogP contribution in [0.25, 0.3) is 0 Å². The second-order valence-corrected chi connectivity index (χ2v) is 3.86. The fraction of sp³-hybridized carbons (Fsp3) is 0.250. The molecule has 1 aliphatic rings. The molecule has 0 aromatic rings. The molecule has 0 aliphatic heterocycles. The fourth-order valence-corrected chi connectivity index (χ4v) is 1.33. The monoisotopic (exact) mass is 220 g/mol. The molecule has 0 unspecified atom stereocenters. The van der Waals surface area contributed by atoms with Crippen LogP contribution in [0.2, 0.25) is 0 Å². The summed E-state index contributed by atoms with van der Waals surface area (Å²) in [6.07, 6.45) is 13.6. The van der Waals surface area contributed by atoms with Gasteiger partial charge in [0.15, 0.2) is 0 Å². The van der Waals surface area contributed by atoms with Crippen molar-refractivity contribution in [2.24, 2.45) is 5.73 Å². The highest BCUT2D eigenvalue weighted by molar-refractivity contribution is 5.72. The number of primary amides is 1. The standard InChI is InChI=1S/C12H17N3O/c1-15(2)11-7-5-10(6-8-11)4-3-9-14-12(13)16/h3-9,11H,1-2H3,(H3,13,14,16)/p+1/b9-3-,10-4?. The molecule has 0 atom stereocenters. The first-order chi connectivity index (χ1) is 7.59. The quantitative estimate of drug-likeness (QED) is 0.602. The van der Waals surface area contributed by atoms with Crippen LogP contribution in [0, 0.1) is 0 Å². The van der Waals surface area contributed by atoms with Gasteiger partial charge in [-0.15, -0.1) is 0 Å². The van der Waals surface area contributed by atoms with Gasteiger partial charge in [-0.3, -0.25) is 0 Å². The van der Waals surface area contributed by atoms with Crippen molar-refractivity contribution in [1.82, 2.24) is 5.32 Å². The largest absolute Gasteiger partial charge is 0.351 e. The van der Waals surface area contributed by atoms with E-state index in [4.69, 9.17) is 5.73 Å². The second-order valence-electron chi connectivity index (χ2n) is 3.86. The molecule has 86 valence electrons. The van der Waals surface area contributed by atoms with Crippen LogP contribution in [0.1, 0.15) is 0 Å². The minimum absolute atomic E-state index is 0.435. The SMILES string of the molecule is C[NH+](C)C1C=CC(=C/C=C\NC(N)=O)C=C1. The summed E-state index contributed by atoms with van der Waals surface area (Å²) in [6.45, 7) is 0. The van der Waals surface area contributed by atoms with Crippen molar-refractivity contribution in [1.29, 1.82) is 0 Å². The molecule has 4 nitrogen and oxygen atoms in total. The van der Waals surface area contributed by atoms with Crippen LogP contribution in [0.4, 0.5) is 4.79 Å². The smallest absolute Gasteiger partial charge is 0.316 e. The van der Waals surface area contributed by atoms with Crippen molar-refractivity contribution in [2.45, 2.75) is 6.04 Å². The zero-order valence-electron chi connectivity index (χ0n) is 9.60. The highest BCUT2D eigenvalue weighted by Crippen LogP contribution is 2.06. The van der Waals surface area contributed by atoms with E-state index in [0.29, 0.717) is 6.04 Å². The van der Waals surface area contributed by atoms with Gasteiger partial charge in [0.25, 0.3) is 0 Å². The van der Waals surface area contributed by atoms with Crippen LogP contribution in [0.15, 0.2) is 48.2 Å². The number of quaternary nitrogens is 1. The molecule has 0 spiro atoms. The highest BCUT2D eigenvalue weighted by atomic mass is 16.2. The Kier molecular flexibility index (Phi) is 4.54. The lowest BCUT2D eigenvalue weighted by Crippen LogP contribution is -3.09. The van der Waals surface area contributed by atoms with Gasteiger partial charge in [-0.2, -0.15) is 0 Å². The van der Waals surface area contributed by atoms with E-state index in [0.717, 1.165) is 5.57 Å². The third-order valence-corrected chi connectivity index (χ3v) is 2.27. The van der Waals surface area contributed by atoms with Crippen molar-refractivity contribution in [3.8, 4) is 0 Å². The zero-order chi connectivity index (χ0) is 12.0. The summed E-state index contributed by atoms with van der Waals surface area (Å²) in [4.78, 5) is 11.7. The maximum absolute atomic E-state index is 10.4. The van der Waals surface area contributed by atoms with E-state index in [1.54, 1.807) is 6.08 Å². The van der Waals surface area contributed by atoms with Gasteiger partial charge >= 0.3 is 6.03 Å². The van der Waals surface area contributed by atoms with Gasteiger partial charge < -0.3 is 16.0 Å². The third-order valence-electron chi connectivity index (χ3n) is 2.27. The molecule has 1 aliphatic carbocycles. The summed E-state index contributed by atoms with van der Waals surface area (Å²) in [6, 6.07) is -0.120. The van der Waals surface area contributed by atoms with Crippen molar-refractivity contribution >= 4 is 6.03 Å². The minimum atomic E-state index is -0.555. The summed E-state index contributed by atoms with van der Waals surface area (Å²) in [5.41, 5.74) is 6.01. The molecule has 4 N–H and O–H groups in total. The number of nitrogens with two attached hydrogens (primary N) is 1. The third kappa shape index (κ3) is 4.14. The van der Waals surface area contributed by atoms with Gasteiger partial charge in [-0.05, 0) is 23.8 Å². The van der Waals surface area contributed by atoms with Gasteiger partial charge in [-0.1, -0.05) is 18.2 Å². The fourth-order valence-electron chi connectivity index (χ4n) is 1.33. The number of likely N-dealkylation sites (N-methyl/N-ethyl adjacent to an activating group) is 1. The molecule has 0 aromatic heterocycles. The molecule has 0 bridgehead atoms. The van der Waals surface area contributed by atoms with Crippen molar-refractivity contribution in [3.05, 3.63) is 48.2 Å². The Bertz CT molecular complexity index is 348. The Hall–Kier alpha value is -1.81. The maximum atomic E-state index is 10.4. The zero-order valence-corrected chi connectivity index (χ0v) is 9.60. The predicted octanol–water partition coefficient (Wildman–Crippen LogP) is -0.266. The molecule has 0 radical (unpaired) electrons. The predicted molar refractivity (Wildman–Crippen MR) is 64.8 cm³/mol. The molecule has 0 fully saturated rings. The lowest BCUT2D eigenvalue weighted by molar-refractivity contribution is -0.871. The van der Waals surface area contributed by atoms with Gasteiger partial charge in [0.05, 0.1) is 14.1 Å². The Morgan fingerprint density at radius 2 is 2.06 bits per heavy atom. The van der Waals surface area contributed by atoms with Crippen molar-refractivity contribution in [3.63, 3.8) is 0 Å². The number of urea groups is 1. The second kappa shape index (κ2) is 5.92. The number of carbonyl (C=O) groups excluding carboxylic acids is 1. The molecule has 0 saturated carbocycles. The number of allylic oxidation sites excluding steroid dienone is 5. The Balaban J connectivity index is 2.50. The molecule has 2 amide bonds. The number of amides is 2. The number of rotatable bonds is 3. The van der Waals surface area contributed by atoms with E-state index >= 15 is 0 Å². The van der Waals surface area contributed by atoms with Crippen LogP contribution in [-0.2, 0) is 0 Å². The van der Waals surface area contributed by atoms with Crippen molar-refractivity contribution in [2.75, 3.05) is 14.1 Å². The lowest BCUT2D eigenvalue weighted by Gasteiger charge is -2.16. The van der Waals surface area contributed by atoms with Crippen LogP contribution in [-0.4, -0.2) is 26.2 Å². The summed E-state index contributed by atoms with van der Waals surface area (Å²) < 4.78 is 0. The van der Waals surface area contributed by atoms with Gasteiger partial charge in [0, 0.05) is 6.20 Å². The number of hydrogen-bond donors (Lipinski definition) is 3. The van der Waals surface area contributed by atoms with Gasteiger partial charge in [0.1, 0.15) is 6.04 Å². The van der Waals surface area contributed by atoms with E-state index in [-0.39, 0.29) is 0 Å². The molecule has 4 heteroatoms. The van der Waals surface area contributed by atoms with E-state index in [1.165, 1.54) is 11.1 Å². The van der Waals surface area contributed by atoms with Crippen LogP contribution in [0.3, 0.4) is 0 Å². The lowest BCUT2D eigenvalue weighted by atomic mass is 10.1. The molecule has 1 rings (SSSR count). The average Bonchev–Trinajstić information content (AvgIpc) is 2.25. The molecule has 0 saturated heterocycles. The maximum Gasteiger partial charge on any atom is 0.316 e. The molecule has 16 heavy (non-hydrogen) atoms. The summed E-state index contributed by atoms with van der Waals surface area (Å²) in [5.74, 6) is 0. The highest BCUT2D eigenvalue weighted by Gasteiger charge is 2.08. The minimum Gasteiger partial charge on any atom is -0.351 e. The Morgan fingerprint density at radius 1 is 1.44 bits per heavy atom.